The van der Waals surface area contributed by atoms with Crippen molar-refractivity contribution < 1.29 is 4.79 Å². The molecule has 0 bridgehead atoms. The monoisotopic (exact) mass is 414 g/mol. The average molecular weight is 415 g/mol. The van der Waals surface area contributed by atoms with Crippen LogP contribution in [0.15, 0.2) is 84.5 Å². The molecule has 0 fully saturated rings. The molecule has 1 unspecified atom stereocenters. The number of carbonyl (C=O) groups is 1. The molecule has 2 aromatic carbocycles. The zero-order valence-corrected chi connectivity index (χ0v) is 17.6. The molecule has 0 aliphatic heterocycles. The molecule has 0 radical (unpaired) electrons. The lowest BCUT2D eigenvalue weighted by Crippen LogP contribution is -2.28. The van der Waals surface area contributed by atoms with Gasteiger partial charge in [0.15, 0.2) is 0 Å². The lowest BCUT2D eigenvalue weighted by atomic mass is 10.1. The van der Waals surface area contributed by atoms with E-state index in [4.69, 9.17) is 4.98 Å². The van der Waals surface area contributed by atoms with Crippen molar-refractivity contribution in [1.29, 1.82) is 0 Å². The number of nitrogens with one attached hydrogen (secondary N) is 1. The van der Waals surface area contributed by atoms with E-state index in [1.165, 1.54) is 0 Å². The van der Waals surface area contributed by atoms with Crippen molar-refractivity contribution in [1.82, 2.24) is 15.3 Å². The van der Waals surface area contributed by atoms with Crippen LogP contribution in [0.1, 0.15) is 28.3 Å². The average Bonchev–Trinajstić information content (AvgIpc) is 3.30. The van der Waals surface area contributed by atoms with Gasteiger partial charge in [0.1, 0.15) is 5.01 Å². The van der Waals surface area contributed by atoms with Gasteiger partial charge in [-0.1, -0.05) is 30.3 Å². The minimum absolute atomic E-state index is 0.124. The molecule has 30 heavy (non-hydrogen) atoms. The molecule has 0 saturated heterocycles. The van der Waals surface area contributed by atoms with Crippen molar-refractivity contribution in [2.24, 2.45) is 0 Å². The molecule has 150 valence electrons. The van der Waals surface area contributed by atoms with Crippen LogP contribution in [0.25, 0.3) is 11.3 Å². The maximum Gasteiger partial charge on any atom is 0.253 e. The van der Waals surface area contributed by atoms with Crippen LogP contribution in [0.5, 0.6) is 0 Å². The fourth-order valence-corrected chi connectivity index (χ4v) is 4.06. The van der Waals surface area contributed by atoms with Crippen molar-refractivity contribution in [3.8, 4) is 11.3 Å². The SMILES string of the molecule is CC(NC(=O)c1ccccc1N(C)c1ccccc1)c1nc(-c2ccncc2)cs1. The summed E-state index contributed by atoms with van der Waals surface area (Å²) in [7, 11) is 1.96. The predicted molar refractivity (Wildman–Crippen MR) is 122 cm³/mol. The molecule has 4 aromatic rings. The number of aromatic nitrogens is 2. The van der Waals surface area contributed by atoms with Crippen LogP contribution in [0, 0.1) is 0 Å². The minimum atomic E-state index is -0.201. The van der Waals surface area contributed by atoms with E-state index in [-0.39, 0.29) is 11.9 Å². The van der Waals surface area contributed by atoms with E-state index in [9.17, 15) is 4.79 Å². The first-order valence-corrected chi connectivity index (χ1v) is 10.6. The molecule has 0 aliphatic carbocycles. The summed E-state index contributed by atoms with van der Waals surface area (Å²) in [5.74, 6) is -0.124. The van der Waals surface area contributed by atoms with Gasteiger partial charge in [-0.3, -0.25) is 9.78 Å². The van der Waals surface area contributed by atoms with Crippen molar-refractivity contribution in [2.45, 2.75) is 13.0 Å². The van der Waals surface area contributed by atoms with Gasteiger partial charge in [0.2, 0.25) is 0 Å². The molecule has 6 heteroatoms. The topological polar surface area (TPSA) is 58.1 Å². The molecular weight excluding hydrogens is 392 g/mol. The Morgan fingerprint density at radius 1 is 1.00 bits per heavy atom. The zero-order valence-electron chi connectivity index (χ0n) is 16.8. The van der Waals surface area contributed by atoms with Gasteiger partial charge in [0.25, 0.3) is 5.91 Å². The number of nitrogens with zero attached hydrogens (tertiary/aromatic N) is 3. The summed E-state index contributed by atoms with van der Waals surface area (Å²) in [5.41, 5.74) is 4.41. The van der Waals surface area contributed by atoms with Crippen molar-refractivity contribution in [2.75, 3.05) is 11.9 Å². The molecule has 5 nitrogen and oxygen atoms in total. The number of hydrogen-bond donors (Lipinski definition) is 1. The number of carbonyl (C=O) groups excluding carboxylic acids is 1. The van der Waals surface area contributed by atoms with E-state index >= 15 is 0 Å². The molecule has 1 N–H and O–H groups in total. The predicted octanol–water partition coefficient (Wildman–Crippen LogP) is 5.46. The second-order valence-corrected chi connectivity index (χ2v) is 7.80. The smallest absolute Gasteiger partial charge is 0.253 e. The van der Waals surface area contributed by atoms with Gasteiger partial charge in [0, 0.05) is 36.1 Å². The molecule has 1 amide bonds. The van der Waals surface area contributed by atoms with Crippen LogP contribution in [0.2, 0.25) is 0 Å². The molecule has 0 spiro atoms. The summed E-state index contributed by atoms with van der Waals surface area (Å²) in [5, 5.41) is 5.96. The lowest BCUT2D eigenvalue weighted by molar-refractivity contribution is 0.0940. The van der Waals surface area contributed by atoms with E-state index in [2.05, 4.69) is 10.3 Å². The third-order valence-corrected chi connectivity index (χ3v) is 5.90. The maximum atomic E-state index is 13.1. The largest absolute Gasteiger partial charge is 0.344 e. The normalized spacial score (nSPS) is 11.7. The number of rotatable bonds is 6. The number of amides is 1. The van der Waals surface area contributed by atoms with E-state index in [1.54, 1.807) is 23.7 Å². The Bertz CT molecular complexity index is 1130. The Hall–Kier alpha value is -3.51. The summed E-state index contributed by atoms with van der Waals surface area (Å²) < 4.78 is 0. The Morgan fingerprint density at radius 2 is 1.70 bits per heavy atom. The summed E-state index contributed by atoms with van der Waals surface area (Å²) in [4.78, 5) is 23.9. The molecule has 0 aliphatic rings. The number of para-hydroxylation sites is 2. The van der Waals surface area contributed by atoms with Crippen molar-refractivity contribution in [3.63, 3.8) is 0 Å². The first kappa shape index (κ1) is 19.8. The minimum Gasteiger partial charge on any atom is -0.344 e. The number of anilines is 2. The van der Waals surface area contributed by atoms with E-state index < -0.39 is 0 Å². The Morgan fingerprint density at radius 3 is 2.47 bits per heavy atom. The van der Waals surface area contributed by atoms with Crippen LogP contribution >= 0.6 is 11.3 Å². The highest BCUT2D eigenvalue weighted by Crippen LogP contribution is 2.28. The lowest BCUT2D eigenvalue weighted by Gasteiger charge is -2.23. The van der Waals surface area contributed by atoms with Gasteiger partial charge in [-0.15, -0.1) is 11.3 Å². The number of pyridine rings is 1. The summed E-state index contributed by atoms with van der Waals surface area (Å²) in [6.45, 7) is 1.95. The third kappa shape index (κ3) is 4.23. The van der Waals surface area contributed by atoms with Crippen LogP contribution in [-0.4, -0.2) is 22.9 Å². The van der Waals surface area contributed by atoms with Gasteiger partial charge in [-0.2, -0.15) is 0 Å². The van der Waals surface area contributed by atoms with Gasteiger partial charge in [-0.25, -0.2) is 4.98 Å². The highest BCUT2D eigenvalue weighted by Gasteiger charge is 2.19. The van der Waals surface area contributed by atoms with Crippen LogP contribution < -0.4 is 10.2 Å². The highest BCUT2D eigenvalue weighted by atomic mass is 32.1. The molecule has 2 aromatic heterocycles. The quantitative estimate of drug-likeness (QED) is 0.455. The Balaban J connectivity index is 1.53. The van der Waals surface area contributed by atoms with E-state index in [0.29, 0.717) is 5.56 Å². The fourth-order valence-electron chi connectivity index (χ4n) is 3.23. The fraction of sp³-hybridized carbons (Fsp3) is 0.125. The third-order valence-electron chi connectivity index (χ3n) is 4.87. The molecule has 2 heterocycles. The first-order chi connectivity index (χ1) is 14.6. The van der Waals surface area contributed by atoms with Crippen LogP contribution in [0.3, 0.4) is 0 Å². The van der Waals surface area contributed by atoms with Crippen molar-refractivity contribution in [3.05, 3.63) is 95.1 Å². The molecular formula is C24H22N4OS. The van der Waals surface area contributed by atoms with E-state index in [0.717, 1.165) is 27.6 Å². The van der Waals surface area contributed by atoms with Gasteiger partial charge < -0.3 is 10.2 Å². The number of hydrogen-bond acceptors (Lipinski definition) is 5. The standard InChI is InChI=1S/C24H22N4OS/c1-17(24-27-21(16-30-24)18-12-14-25-15-13-18)26-23(29)20-10-6-7-11-22(20)28(2)19-8-4-3-5-9-19/h3-17H,1-2H3,(H,26,29). The number of thiazole rings is 1. The van der Waals surface area contributed by atoms with E-state index in [1.807, 2.05) is 91.0 Å². The first-order valence-electron chi connectivity index (χ1n) is 9.68. The summed E-state index contributed by atoms with van der Waals surface area (Å²) in [6.07, 6.45) is 3.50. The van der Waals surface area contributed by atoms with Gasteiger partial charge >= 0.3 is 0 Å². The molecule has 0 saturated carbocycles. The summed E-state index contributed by atoms with van der Waals surface area (Å²) in [6, 6.07) is 21.3. The second-order valence-electron chi connectivity index (χ2n) is 6.91. The maximum absolute atomic E-state index is 13.1. The van der Waals surface area contributed by atoms with Gasteiger partial charge in [-0.05, 0) is 43.3 Å². The van der Waals surface area contributed by atoms with Crippen LogP contribution in [0.4, 0.5) is 11.4 Å². The Labute approximate surface area is 180 Å². The summed E-state index contributed by atoms with van der Waals surface area (Å²) >= 11 is 1.54. The van der Waals surface area contributed by atoms with Gasteiger partial charge in [0.05, 0.1) is 23.0 Å². The molecule has 1 atom stereocenters. The highest BCUT2D eigenvalue weighted by molar-refractivity contribution is 7.10. The van der Waals surface area contributed by atoms with Crippen molar-refractivity contribution >= 4 is 28.6 Å². The number of benzene rings is 2. The second kappa shape index (κ2) is 8.88. The molecule has 4 rings (SSSR count). The zero-order chi connectivity index (χ0) is 20.9. The van der Waals surface area contributed by atoms with Crippen LogP contribution in [-0.2, 0) is 0 Å². The Kier molecular flexibility index (Phi) is 5.86.